The number of rotatable bonds is 5. The van der Waals surface area contributed by atoms with Crippen LogP contribution in [0, 0.1) is 0 Å². The van der Waals surface area contributed by atoms with E-state index in [0.717, 1.165) is 0 Å². The Kier molecular flexibility index (Phi) is 3.97. The highest BCUT2D eigenvalue weighted by Gasteiger charge is 2.40. The quantitative estimate of drug-likeness (QED) is 0.452. The third-order valence-electron chi connectivity index (χ3n) is 2.03. The highest BCUT2D eigenvalue weighted by Crippen LogP contribution is 2.24. The maximum Gasteiger partial charge on any atom is 0.378 e. The Morgan fingerprint density at radius 1 is 1.53 bits per heavy atom. The molecule has 0 aromatic rings. The zero-order valence-electron chi connectivity index (χ0n) is 9.58. The summed E-state index contributed by atoms with van der Waals surface area (Å²) >= 11 is 0. The minimum absolute atomic E-state index is 0.219. The van der Waals surface area contributed by atoms with Crippen molar-refractivity contribution in [2.75, 3.05) is 13.2 Å². The first kappa shape index (κ1) is 13.8. The number of aliphatic hydroxyl groups is 4. The third kappa shape index (κ3) is 3.32. The van der Waals surface area contributed by atoms with E-state index >= 15 is 0 Å². The molecule has 0 bridgehead atoms. The van der Waals surface area contributed by atoms with Crippen molar-refractivity contribution in [3.05, 3.63) is 11.5 Å². The van der Waals surface area contributed by atoms with Gasteiger partial charge in [0.1, 0.15) is 12.7 Å². The number of ether oxygens (including phenoxy) is 2. The van der Waals surface area contributed by atoms with Crippen LogP contribution in [0.1, 0.15) is 13.8 Å². The number of carbonyl (C=O) groups excluding carboxylic acids is 1. The van der Waals surface area contributed by atoms with E-state index in [1.54, 1.807) is 0 Å². The monoisotopic (exact) mass is 248 g/mol. The van der Waals surface area contributed by atoms with Gasteiger partial charge in [-0.25, -0.2) is 4.79 Å². The molecule has 7 nitrogen and oxygen atoms in total. The van der Waals surface area contributed by atoms with Gasteiger partial charge in [-0.05, 0) is 13.8 Å². The molecular weight excluding hydrogens is 232 g/mol. The van der Waals surface area contributed by atoms with Gasteiger partial charge >= 0.3 is 5.97 Å². The molecule has 0 aromatic carbocycles. The van der Waals surface area contributed by atoms with Gasteiger partial charge in [-0.15, -0.1) is 0 Å². The van der Waals surface area contributed by atoms with Crippen LogP contribution in [0.5, 0.6) is 0 Å². The average Bonchev–Trinajstić information content (AvgIpc) is 2.49. The Morgan fingerprint density at radius 2 is 2.12 bits per heavy atom. The Balaban J connectivity index is 2.75. The topological polar surface area (TPSA) is 116 Å². The molecule has 0 aromatic heterocycles. The molecule has 1 rings (SSSR count). The summed E-state index contributed by atoms with van der Waals surface area (Å²) in [7, 11) is 0. The lowest BCUT2D eigenvalue weighted by atomic mass is 10.1. The Hall–Kier alpha value is -1.31. The summed E-state index contributed by atoms with van der Waals surface area (Å²) in [6.07, 6.45) is -2.74. The largest absolute Gasteiger partial charge is 0.505 e. The first-order chi connectivity index (χ1) is 7.76. The lowest BCUT2D eigenvalue weighted by molar-refractivity contribution is -0.149. The van der Waals surface area contributed by atoms with Crippen molar-refractivity contribution in [2.45, 2.75) is 31.7 Å². The molecule has 1 heterocycles. The summed E-state index contributed by atoms with van der Waals surface area (Å²) in [5.74, 6) is -1.98. The van der Waals surface area contributed by atoms with Crippen LogP contribution in [0.2, 0.25) is 0 Å². The maximum atomic E-state index is 11.3. The van der Waals surface area contributed by atoms with Crippen molar-refractivity contribution in [1.29, 1.82) is 0 Å². The molecule has 0 amide bonds. The molecule has 0 saturated heterocycles. The van der Waals surface area contributed by atoms with E-state index < -0.39 is 41.9 Å². The van der Waals surface area contributed by atoms with Crippen LogP contribution in [-0.4, -0.2) is 57.4 Å². The number of carbonyl (C=O) groups is 1. The molecular formula is C10H16O7. The molecule has 1 aliphatic rings. The van der Waals surface area contributed by atoms with Crippen LogP contribution < -0.4 is 0 Å². The van der Waals surface area contributed by atoms with Crippen LogP contribution in [0.15, 0.2) is 11.5 Å². The van der Waals surface area contributed by atoms with Crippen molar-refractivity contribution in [3.8, 4) is 0 Å². The summed E-state index contributed by atoms with van der Waals surface area (Å²) in [6.45, 7) is 2.04. The van der Waals surface area contributed by atoms with Crippen molar-refractivity contribution < 1.29 is 34.7 Å². The van der Waals surface area contributed by atoms with E-state index in [1.165, 1.54) is 13.8 Å². The normalized spacial score (nSPS) is 22.6. The zero-order valence-corrected chi connectivity index (χ0v) is 9.58. The number of hydrogen-bond acceptors (Lipinski definition) is 7. The fraction of sp³-hybridized carbons (Fsp3) is 0.700. The highest BCUT2D eigenvalue weighted by atomic mass is 16.6. The van der Waals surface area contributed by atoms with Gasteiger partial charge in [0.15, 0.2) is 11.9 Å². The zero-order chi connectivity index (χ0) is 13.2. The fourth-order valence-corrected chi connectivity index (χ4v) is 1.20. The van der Waals surface area contributed by atoms with Crippen LogP contribution in [0.25, 0.3) is 0 Å². The Bertz CT molecular complexity index is 328. The smallest absolute Gasteiger partial charge is 0.378 e. The van der Waals surface area contributed by atoms with Gasteiger partial charge in [-0.2, -0.15) is 0 Å². The second-order valence-corrected chi connectivity index (χ2v) is 4.39. The third-order valence-corrected chi connectivity index (χ3v) is 2.03. The minimum Gasteiger partial charge on any atom is -0.505 e. The van der Waals surface area contributed by atoms with Gasteiger partial charge in [0.05, 0.1) is 12.2 Å². The van der Waals surface area contributed by atoms with Crippen LogP contribution >= 0.6 is 0 Å². The molecule has 4 N–H and O–H groups in total. The lowest BCUT2D eigenvalue weighted by Gasteiger charge is -2.17. The Labute approximate surface area is 97.9 Å². The molecule has 1 aliphatic heterocycles. The van der Waals surface area contributed by atoms with Crippen molar-refractivity contribution in [2.24, 2.45) is 0 Å². The van der Waals surface area contributed by atoms with E-state index in [9.17, 15) is 20.1 Å². The minimum atomic E-state index is -1.41. The van der Waals surface area contributed by atoms with Crippen molar-refractivity contribution in [3.63, 3.8) is 0 Å². The van der Waals surface area contributed by atoms with Crippen LogP contribution in [-0.2, 0) is 14.3 Å². The lowest BCUT2D eigenvalue weighted by Crippen LogP contribution is -2.31. The van der Waals surface area contributed by atoms with E-state index in [0.29, 0.717) is 0 Å². The number of aliphatic hydroxyl groups excluding tert-OH is 3. The van der Waals surface area contributed by atoms with Gasteiger partial charge in [0.25, 0.3) is 0 Å². The predicted octanol–water partition coefficient (Wildman–Crippen LogP) is -1.18. The van der Waals surface area contributed by atoms with E-state index in [1.807, 2.05) is 0 Å². The highest BCUT2D eigenvalue weighted by molar-refractivity contribution is 5.89. The molecule has 2 atom stereocenters. The summed E-state index contributed by atoms with van der Waals surface area (Å²) < 4.78 is 9.55. The maximum absolute atomic E-state index is 11.3. The molecule has 0 unspecified atom stereocenters. The number of cyclic esters (lactones) is 1. The summed E-state index contributed by atoms with van der Waals surface area (Å²) in [5.41, 5.74) is -1.18. The average molecular weight is 248 g/mol. The molecule has 0 fully saturated rings. The summed E-state index contributed by atoms with van der Waals surface area (Å²) in [6, 6.07) is 0. The van der Waals surface area contributed by atoms with Crippen LogP contribution in [0.3, 0.4) is 0 Å². The summed E-state index contributed by atoms with van der Waals surface area (Å²) in [4.78, 5) is 11.3. The molecule has 0 spiro atoms. The summed E-state index contributed by atoms with van der Waals surface area (Å²) in [5, 5.41) is 36.9. The van der Waals surface area contributed by atoms with Gasteiger partial charge in [-0.3, -0.25) is 0 Å². The van der Waals surface area contributed by atoms with Gasteiger partial charge in [0, 0.05) is 0 Å². The molecule has 98 valence electrons. The SMILES string of the molecule is CC(C)(O)COC1=C(O)[C@@H]([C@@H](O)CO)OC1=O. The molecule has 0 radical (unpaired) electrons. The van der Waals surface area contributed by atoms with Gasteiger partial charge in [-0.1, -0.05) is 0 Å². The van der Waals surface area contributed by atoms with Crippen LogP contribution in [0.4, 0.5) is 0 Å². The van der Waals surface area contributed by atoms with Crippen molar-refractivity contribution in [1.82, 2.24) is 0 Å². The van der Waals surface area contributed by atoms with Crippen molar-refractivity contribution >= 4 is 5.97 Å². The molecule has 17 heavy (non-hydrogen) atoms. The Morgan fingerprint density at radius 3 is 2.59 bits per heavy atom. The van der Waals surface area contributed by atoms with E-state index in [2.05, 4.69) is 4.74 Å². The molecule has 0 saturated carbocycles. The second kappa shape index (κ2) is 4.91. The first-order valence-corrected chi connectivity index (χ1v) is 5.04. The predicted molar refractivity (Wildman–Crippen MR) is 54.9 cm³/mol. The van der Waals surface area contributed by atoms with E-state index in [4.69, 9.17) is 9.84 Å². The standard InChI is InChI=1S/C10H16O7/c1-10(2,15)4-16-8-6(13)7(5(12)3-11)17-9(8)14/h5,7,11-13,15H,3-4H2,1-2H3/t5-,7+/m0/s1. The number of hydrogen-bond donors (Lipinski definition) is 4. The van der Waals surface area contributed by atoms with Gasteiger partial charge < -0.3 is 29.9 Å². The fourth-order valence-electron chi connectivity index (χ4n) is 1.20. The first-order valence-electron chi connectivity index (χ1n) is 5.04. The molecule has 7 heteroatoms. The molecule has 0 aliphatic carbocycles. The number of esters is 1. The van der Waals surface area contributed by atoms with E-state index in [-0.39, 0.29) is 6.61 Å². The second-order valence-electron chi connectivity index (χ2n) is 4.39. The van der Waals surface area contributed by atoms with Gasteiger partial charge in [0.2, 0.25) is 5.76 Å².